The Balaban J connectivity index is 1.01. The number of aromatic nitrogens is 4. The summed E-state index contributed by atoms with van der Waals surface area (Å²) in [5, 5.41) is 28.2. The minimum Gasteiger partial charge on any atom is -0.498 e. The van der Waals surface area contributed by atoms with Crippen molar-refractivity contribution in [2.45, 2.75) is 105 Å². The van der Waals surface area contributed by atoms with Crippen molar-refractivity contribution in [3.05, 3.63) is 101 Å². The van der Waals surface area contributed by atoms with Gasteiger partial charge < -0.3 is 30.6 Å². The standard InChI is InChI=1S/C46H58FN9O4/c1-7-39-36(42(51-34-17-21-60-22-18-34)37-27-50-55(8-2)43(37)53-39)26-48-41-14-10-13-40(52-41)44(57)49-25-31-15-16-38(47)35(24-31)33-12-9-11-32(23-33)29-54-19-20-56(45(58)59,30(3)28-54)46(4,5)6/h9-16,23-24,27,30,34H,7-8,17-22,25-26,28-29H2,1-6H3,(H3-,48,49,50,51,52,53,57,58,59)/t30-,56?/m1/s1. The molecule has 0 bridgehead atoms. The Kier molecular flexibility index (Phi) is 12.8. The SMILES string of the molecule is CCc1nc2c(cnn2CC)c(NC2CCOCC2)c1CNc1cccc(C(=O)NCc2ccc(F)c(-c3cccc(CN4CC[N+](C(=O)[O-])(C(C)(C)C)[C@H](C)C4)c3)c2)n1. The number of carboxylic acid groups (broad SMARTS) is 1. The van der Waals surface area contributed by atoms with Crippen LogP contribution in [-0.4, -0.2) is 91.6 Å². The number of benzene rings is 2. The van der Waals surface area contributed by atoms with Crippen LogP contribution < -0.4 is 21.1 Å². The van der Waals surface area contributed by atoms with Crippen LogP contribution in [0.2, 0.25) is 0 Å². The van der Waals surface area contributed by atoms with E-state index in [-0.39, 0.29) is 40.5 Å². The van der Waals surface area contributed by atoms with E-state index in [4.69, 9.17) is 9.72 Å². The quantitative estimate of drug-likeness (QED) is 0.112. The minimum absolute atomic E-state index is 0.0887. The van der Waals surface area contributed by atoms with Crippen LogP contribution in [0.15, 0.2) is 66.9 Å². The van der Waals surface area contributed by atoms with Gasteiger partial charge >= 0.3 is 0 Å². The number of nitrogens with one attached hydrogen (secondary N) is 3. The van der Waals surface area contributed by atoms with Gasteiger partial charge in [0.05, 0.1) is 35.9 Å². The zero-order valence-corrected chi connectivity index (χ0v) is 35.7. The number of halogens is 1. The normalized spacial score (nSPS) is 19.0. The van der Waals surface area contributed by atoms with Crippen LogP contribution in [0, 0.1) is 5.82 Å². The molecule has 5 aromatic rings. The van der Waals surface area contributed by atoms with E-state index in [0.717, 1.165) is 83.7 Å². The van der Waals surface area contributed by atoms with E-state index >= 15 is 4.39 Å². The third-order valence-electron chi connectivity index (χ3n) is 12.3. The molecule has 1 unspecified atom stereocenters. The van der Waals surface area contributed by atoms with E-state index in [1.54, 1.807) is 24.3 Å². The Morgan fingerprint density at radius 3 is 2.50 bits per heavy atom. The highest BCUT2D eigenvalue weighted by Crippen LogP contribution is 2.34. The molecule has 0 aliphatic carbocycles. The Morgan fingerprint density at radius 2 is 1.78 bits per heavy atom. The number of ether oxygens (including phenoxy) is 1. The van der Waals surface area contributed by atoms with Crippen molar-refractivity contribution >= 4 is 34.5 Å². The molecule has 3 N–H and O–H groups in total. The lowest BCUT2D eigenvalue weighted by Crippen LogP contribution is -2.76. The lowest BCUT2D eigenvalue weighted by molar-refractivity contribution is -0.943. The zero-order valence-electron chi connectivity index (χ0n) is 35.7. The second-order valence-electron chi connectivity index (χ2n) is 17.1. The maximum absolute atomic E-state index is 15.4. The van der Waals surface area contributed by atoms with Crippen LogP contribution in [0.5, 0.6) is 0 Å². The first kappa shape index (κ1) is 42.7. The van der Waals surface area contributed by atoms with Gasteiger partial charge in [-0.3, -0.25) is 14.2 Å². The highest BCUT2D eigenvalue weighted by Gasteiger charge is 2.49. The van der Waals surface area contributed by atoms with Gasteiger partial charge in [0.2, 0.25) is 0 Å². The number of hydrogen-bond donors (Lipinski definition) is 3. The molecule has 2 saturated heterocycles. The number of rotatable bonds is 13. The molecule has 7 rings (SSSR count). The summed E-state index contributed by atoms with van der Waals surface area (Å²) in [6, 6.07) is 18.1. The summed E-state index contributed by atoms with van der Waals surface area (Å²) < 4.78 is 22.8. The summed E-state index contributed by atoms with van der Waals surface area (Å²) in [6.07, 6.45) is 3.42. The summed E-state index contributed by atoms with van der Waals surface area (Å²) in [4.78, 5) is 37.8. The van der Waals surface area contributed by atoms with Gasteiger partial charge in [-0.15, -0.1) is 0 Å². The number of nitrogens with zero attached hydrogens (tertiary/aromatic N) is 6. The molecular formula is C46H58FN9O4. The number of amides is 2. The maximum atomic E-state index is 15.4. The number of quaternary nitrogens is 1. The van der Waals surface area contributed by atoms with Crippen molar-refractivity contribution in [1.82, 2.24) is 30.0 Å². The van der Waals surface area contributed by atoms with Crippen LogP contribution >= 0.6 is 0 Å². The lowest BCUT2D eigenvalue weighted by atomic mass is 9.95. The predicted octanol–water partition coefficient (Wildman–Crippen LogP) is 6.51. The van der Waals surface area contributed by atoms with Gasteiger partial charge in [-0.25, -0.2) is 19.0 Å². The van der Waals surface area contributed by atoms with Gasteiger partial charge in [-0.2, -0.15) is 5.10 Å². The molecule has 0 radical (unpaired) electrons. The van der Waals surface area contributed by atoms with E-state index in [1.807, 2.05) is 68.9 Å². The Hall–Kier alpha value is -5.44. The van der Waals surface area contributed by atoms with Crippen molar-refractivity contribution in [2.75, 3.05) is 43.5 Å². The maximum Gasteiger partial charge on any atom is 0.270 e. The first-order valence-corrected chi connectivity index (χ1v) is 21.2. The van der Waals surface area contributed by atoms with Crippen molar-refractivity contribution in [3.8, 4) is 11.1 Å². The first-order chi connectivity index (χ1) is 28.8. The fraction of sp³-hybridized carbons (Fsp3) is 0.457. The molecule has 2 aliphatic rings. The molecule has 60 heavy (non-hydrogen) atoms. The van der Waals surface area contributed by atoms with E-state index in [1.165, 1.54) is 6.07 Å². The lowest BCUT2D eigenvalue weighted by Gasteiger charge is -2.55. The van der Waals surface area contributed by atoms with E-state index in [9.17, 15) is 14.7 Å². The Morgan fingerprint density at radius 1 is 1.00 bits per heavy atom. The first-order valence-electron chi connectivity index (χ1n) is 21.2. The van der Waals surface area contributed by atoms with Gasteiger partial charge in [0.15, 0.2) is 5.65 Å². The van der Waals surface area contributed by atoms with Crippen molar-refractivity contribution < 1.29 is 28.3 Å². The third-order valence-corrected chi connectivity index (χ3v) is 12.3. The number of pyridine rings is 2. The van der Waals surface area contributed by atoms with Crippen LogP contribution in [0.1, 0.15) is 87.3 Å². The molecule has 3 aromatic heterocycles. The molecule has 2 aromatic carbocycles. The molecule has 0 spiro atoms. The number of hydrogen-bond acceptors (Lipinski definition) is 10. The van der Waals surface area contributed by atoms with Crippen LogP contribution in [0.4, 0.5) is 20.7 Å². The monoisotopic (exact) mass is 819 g/mol. The van der Waals surface area contributed by atoms with Crippen LogP contribution in [-0.2, 0) is 37.3 Å². The summed E-state index contributed by atoms with van der Waals surface area (Å²) >= 11 is 0. The number of carbonyl (C=O) groups excluding carboxylic acids is 2. The van der Waals surface area contributed by atoms with Gasteiger partial charge in [-0.1, -0.05) is 37.3 Å². The molecule has 0 saturated carbocycles. The molecule has 2 amide bonds. The fourth-order valence-electron chi connectivity index (χ4n) is 9.02. The van der Waals surface area contributed by atoms with Crippen molar-refractivity contribution in [3.63, 3.8) is 0 Å². The molecule has 2 aliphatic heterocycles. The zero-order chi connectivity index (χ0) is 42.6. The number of carbonyl (C=O) groups is 2. The number of fused-ring (bicyclic) bond motifs is 1. The summed E-state index contributed by atoms with van der Waals surface area (Å²) in [5.41, 5.74) is 6.57. The van der Waals surface area contributed by atoms with Gasteiger partial charge in [0.1, 0.15) is 23.4 Å². The molecule has 2 fully saturated rings. The highest BCUT2D eigenvalue weighted by atomic mass is 19.1. The smallest absolute Gasteiger partial charge is 0.270 e. The largest absolute Gasteiger partial charge is 0.498 e. The summed E-state index contributed by atoms with van der Waals surface area (Å²) in [7, 11) is 0. The van der Waals surface area contributed by atoms with Crippen molar-refractivity contribution in [1.29, 1.82) is 0 Å². The highest BCUT2D eigenvalue weighted by molar-refractivity contribution is 5.93. The minimum atomic E-state index is -1.04. The van der Waals surface area contributed by atoms with Crippen molar-refractivity contribution in [2.24, 2.45) is 0 Å². The Labute approximate surface area is 351 Å². The fourth-order valence-corrected chi connectivity index (χ4v) is 9.02. The number of anilines is 2. The number of aryl methyl sites for hydroxylation is 2. The molecule has 14 heteroatoms. The average molecular weight is 820 g/mol. The van der Waals surface area contributed by atoms with Crippen LogP contribution in [0.25, 0.3) is 22.2 Å². The topological polar surface area (TPSA) is 149 Å². The third kappa shape index (κ3) is 8.86. The van der Waals surface area contributed by atoms with E-state index in [2.05, 4.69) is 44.8 Å². The molecule has 13 nitrogen and oxygen atoms in total. The average Bonchev–Trinajstić information content (AvgIpc) is 3.65. The molecule has 318 valence electrons. The molecule has 5 heterocycles. The second-order valence-corrected chi connectivity index (χ2v) is 17.1. The number of piperazine rings is 1. The van der Waals surface area contributed by atoms with E-state index in [0.29, 0.717) is 44.1 Å². The predicted molar refractivity (Wildman–Crippen MR) is 230 cm³/mol. The summed E-state index contributed by atoms with van der Waals surface area (Å²) in [5.74, 6) is -0.150. The van der Waals surface area contributed by atoms with Gasteiger partial charge in [-0.05, 0) is 101 Å². The van der Waals surface area contributed by atoms with Gasteiger partial charge in [0, 0.05) is 68.8 Å². The summed E-state index contributed by atoms with van der Waals surface area (Å²) in [6.45, 7) is 17.0. The molecular weight excluding hydrogens is 762 g/mol. The Bertz CT molecular complexity index is 2340. The second kappa shape index (κ2) is 18.0. The van der Waals surface area contributed by atoms with Crippen LogP contribution in [0.3, 0.4) is 0 Å². The van der Waals surface area contributed by atoms with E-state index < -0.39 is 11.6 Å². The van der Waals surface area contributed by atoms with Gasteiger partial charge in [0.25, 0.3) is 12.0 Å². The molecule has 2 atom stereocenters.